The van der Waals surface area contributed by atoms with Crippen LogP contribution in [-0.2, 0) is 4.79 Å². The van der Waals surface area contributed by atoms with Crippen molar-refractivity contribution in [2.75, 3.05) is 13.1 Å². The van der Waals surface area contributed by atoms with Crippen LogP contribution < -0.4 is 5.32 Å². The van der Waals surface area contributed by atoms with Crippen molar-refractivity contribution in [3.63, 3.8) is 0 Å². The van der Waals surface area contributed by atoms with Crippen LogP contribution in [0.1, 0.15) is 52.9 Å². The predicted molar refractivity (Wildman–Crippen MR) is 74.1 cm³/mol. The molecular weight excluding hydrogens is 224 g/mol. The van der Waals surface area contributed by atoms with Crippen molar-refractivity contribution in [2.24, 2.45) is 17.8 Å². The Morgan fingerprint density at radius 2 is 1.83 bits per heavy atom. The lowest BCUT2D eigenvalue weighted by atomic mass is 9.80. The molecule has 104 valence electrons. The molecule has 0 bridgehead atoms. The number of hydrogen-bond acceptors (Lipinski definition) is 2. The average molecular weight is 252 g/mol. The Bertz CT molecular complexity index is 282. The summed E-state index contributed by atoms with van der Waals surface area (Å²) in [6.45, 7) is 8.19. The summed E-state index contributed by atoms with van der Waals surface area (Å²) in [6.07, 6.45) is 6.94. The van der Waals surface area contributed by atoms with Crippen LogP contribution >= 0.6 is 0 Å². The molecule has 1 aliphatic carbocycles. The van der Waals surface area contributed by atoms with Crippen molar-refractivity contribution < 1.29 is 4.79 Å². The van der Waals surface area contributed by atoms with E-state index in [2.05, 4.69) is 31.0 Å². The van der Waals surface area contributed by atoms with E-state index in [-0.39, 0.29) is 6.17 Å². The Kier molecular flexibility index (Phi) is 4.66. The zero-order valence-electron chi connectivity index (χ0n) is 12.1. The number of hydrogen-bond donors (Lipinski definition) is 1. The summed E-state index contributed by atoms with van der Waals surface area (Å²) in [7, 11) is 0. The van der Waals surface area contributed by atoms with Gasteiger partial charge < -0.3 is 4.90 Å². The van der Waals surface area contributed by atoms with Gasteiger partial charge in [-0.2, -0.15) is 0 Å². The number of rotatable bonds is 4. The number of carbonyl (C=O) groups is 1. The van der Waals surface area contributed by atoms with Gasteiger partial charge in [0.05, 0.1) is 12.7 Å². The molecule has 0 aromatic heterocycles. The SMILES string of the molecule is CCC1CCC(CN2C(=O)CNC2C(C)C)CC1. The first-order valence-corrected chi connectivity index (χ1v) is 7.64. The minimum atomic E-state index is 0.265. The fourth-order valence-electron chi connectivity index (χ4n) is 3.47. The van der Waals surface area contributed by atoms with Gasteiger partial charge in [0.2, 0.25) is 5.91 Å². The van der Waals surface area contributed by atoms with Crippen molar-refractivity contribution in [2.45, 2.75) is 59.0 Å². The van der Waals surface area contributed by atoms with Gasteiger partial charge in [0.15, 0.2) is 0 Å². The quantitative estimate of drug-likeness (QED) is 0.834. The molecule has 1 aliphatic heterocycles. The van der Waals surface area contributed by atoms with Crippen LogP contribution in [0.3, 0.4) is 0 Å². The maximum absolute atomic E-state index is 11.9. The summed E-state index contributed by atoms with van der Waals surface area (Å²) in [5.41, 5.74) is 0. The van der Waals surface area contributed by atoms with E-state index < -0.39 is 0 Å². The van der Waals surface area contributed by atoms with Crippen molar-refractivity contribution in [3.05, 3.63) is 0 Å². The summed E-state index contributed by atoms with van der Waals surface area (Å²) in [5, 5.41) is 3.34. The molecule has 1 heterocycles. The Morgan fingerprint density at radius 3 is 2.39 bits per heavy atom. The topological polar surface area (TPSA) is 32.3 Å². The number of carbonyl (C=O) groups excluding carboxylic acids is 1. The standard InChI is InChI=1S/C15H28N2O/c1-4-12-5-7-13(8-6-12)10-17-14(18)9-16-15(17)11(2)3/h11-13,15-16H,4-10H2,1-3H3. The highest BCUT2D eigenvalue weighted by Gasteiger charge is 2.34. The molecule has 1 N–H and O–H groups in total. The second kappa shape index (κ2) is 6.05. The highest BCUT2D eigenvalue weighted by atomic mass is 16.2. The predicted octanol–water partition coefficient (Wildman–Crippen LogP) is 2.62. The maximum Gasteiger partial charge on any atom is 0.237 e. The second-order valence-corrected chi connectivity index (χ2v) is 6.41. The van der Waals surface area contributed by atoms with E-state index in [0.29, 0.717) is 18.4 Å². The molecule has 1 unspecified atom stereocenters. The zero-order chi connectivity index (χ0) is 13.1. The highest BCUT2D eigenvalue weighted by Crippen LogP contribution is 2.32. The fourth-order valence-corrected chi connectivity index (χ4v) is 3.47. The van der Waals surface area contributed by atoms with E-state index in [4.69, 9.17) is 0 Å². The van der Waals surface area contributed by atoms with E-state index in [0.717, 1.165) is 18.4 Å². The number of nitrogens with one attached hydrogen (secondary N) is 1. The van der Waals surface area contributed by atoms with Gasteiger partial charge in [-0.25, -0.2) is 0 Å². The normalized spacial score (nSPS) is 33.4. The van der Waals surface area contributed by atoms with Crippen LogP contribution in [0.2, 0.25) is 0 Å². The minimum absolute atomic E-state index is 0.265. The summed E-state index contributed by atoms with van der Waals surface area (Å²) < 4.78 is 0. The van der Waals surface area contributed by atoms with Crippen LogP contribution in [0.15, 0.2) is 0 Å². The molecule has 3 heteroatoms. The van der Waals surface area contributed by atoms with E-state index in [1.807, 2.05) is 0 Å². The molecule has 0 aromatic rings. The van der Waals surface area contributed by atoms with E-state index in [1.54, 1.807) is 0 Å². The first-order valence-electron chi connectivity index (χ1n) is 7.64. The average Bonchev–Trinajstić information content (AvgIpc) is 2.72. The summed E-state index contributed by atoms with van der Waals surface area (Å²) >= 11 is 0. The molecule has 3 nitrogen and oxygen atoms in total. The Labute approximate surface area is 111 Å². The van der Waals surface area contributed by atoms with Gasteiger partial charge in [-0.1, -0.05) is 40.0 Å². The second-order valence-electron chi connectivity index (χ2n) is 6.41. The van der Waals surface area contributed by atoms with E-state index in [9.17, 15) is 4.79 Å². The summed E-state index contributed by atoms with van der Waals surface area (Å²) in [5.74, 6) is 2.47. The molecule has 2 rings (SSSR count). The van der Waals surface area contributed by atoms with Crippen LogP contribution in [0.5, 0.6) is 0 Å². The third kappa shape index (κ3) is 3.05. The van der Waals surface area contributed by atoms with Gasteiger partial charge in [-0.3, -0.25) is 10.1 Å². The lowest BCUT2D eigenvalue weighted by Crippen LogP contribution is -2.44. The molecule has 0 aromatic carbocycles. The van der Waals surface area contributed by atoms with E-state index in [1.165, 1.54) is 32.1 Å². The van der Waals surface area contributed by atoms with Crippen molar-refractivity contribution in [1.29, 1.82) is 0 Å². The number of amides is 1. The van der Waals surface area contributed by atoms with Gasteiger partial charge in [0.25, 0.3) is 0 Å². The number of nitrogens with zero attached hydrogens (tertiary/aromatic N) is 1. The van der Waals surface area contributed by atoms with Crippen LogP contribution in [0.4, 0.5) is 0 Å². The largest absolute Gasteiger partial charge is 0.326 e. The monoisotopic (exact) mass is 252 g/mol. The third-order valence-corrected chi connectivity index (χ3v) is 4.75. The van der Waals surface area contributed by atoms with Crippen LogP contribution in [-0.4, -0.2) is 30.1 Å². The first-order chi connectivity index (χ1) is 8.61. The molecule has 1 amide bonds. The van der Waals surface area contributed by atoms with Crippen LogP contribution in [0.25, 0.3) is 0 Å². The van der Waals surface area contributed by atoms with E-state index >= 15 is 0 Å². The van der Waals surface area contributed by atoms with Crippen molar-refractivity contribution in [3.8, 4) is 0 Å². The lowest BCUT2D eigenvalue weighted by Gasteiger charge is -2.34. The molecule has 2 fully saturated rings. The van der Waals surface area contributed by atoms with Crippen molar-refractivity contribution in [1.82, 2.24) is 10.2 Å². The van der Waals surface area contributed by atoms with Crippen molar-refractivity contribution >= 4 is 5.91 Å². The molecule has 1 atom stereocenters. The molecule has 1 saturated carbocycles. The Hall–Kier alpha value is -0.570. The molecular formula is C15H28N2O. The van der Waals surface area contributed by atoms with Gasteiger partial charge >= 0.3 is 0 Å². The minimum Gasteiger partial charge on any atom is -0.326 e. The first kappa shape index (κ1) is 13.9. The molecule has 2 aliphatic rings. The molecule has 0 radical (unpaired) electrons. The Balaban J connectivity index is 1.86. The zero-order valence-corrected chi connectivity index (χ0v) is 12.1. The molecule has 0 spiro atoms. The summed E-state index contributed by atoms with van der Waals surface area (Å²) in [6, 6.07) is 0. The fraction of sp³-hybridized carbons (Fsp3) is 0.933. The summed E-state index contributed by atoms with van der Waals surface area (Å²) in [4.78, 5) is 14.0. The maximum atomic E-state index is 11.9. The molecule has 1 saturated heterocycles. The van der Waals surface area contributed by atoms with Gasteiger partial charge in [-0.15, -0.1) is 0 Å². The highest BCUT2D eigenvalue weighted by molar-refractivity contribution is 5.80. The smallest absolute Gasteiger partial charge is 0.237 e. The lowest BCUT2D eigenvalue weighted by molar-refractivity contribution is -0.129. The van der Waals surface area contributed by atoms with Gasteiger partial charge in [0, 0.05) is 6.54 Å². The molecule has 18 heavy (non-hydrogen) atoms. The third-order valence-electron chi connectivity index (χ3n) is 4.75. The van der Waals surface area contributed by atoms with Gasteiger partial charge in [0.1, 0.15) is 0 Å². The Morgan fingerprint density at radius 1 is 1.22 bits per heavy atom. The van der Waals surface area contributed by atoms with Crippen LogP contribution in [0, 0.1) is 17.8 Å². The van der Waals surface area contributed by atoms with Gasteiger partial charge in [-0.05, 0) is 30.6 Å².